The number of aromatic amines is 1. The molecule has 1 aromatic carbocycles. The normalized spacial score (nSPS) is 12.0. The van der Waals surface area contributed by atoms with E-state index in [0.717, 1.165) is 0 Å². The van der Waals surface area contributed by atoms with Crippen molar-refractivity contribution < 1.29 is 8.78 Å². The van der Waals surface area contributed by atoms with Crippen LogP contribution in [-0.4, -0.2) is 35.4 Å². The molecule has 0 bridgehead atoms. The van der Waals surface area contributed by atoms with Gasteiger partial charge in [-0.15, -0.1) is 10.2 Å². The molecule has 0 amide bonds. The highest BCUT2D eigenvalue weighted by Crippen LogP contribution is 2.33. The van der Waals surface area contributed by atoms with Crippen LogP contribution < -0.4 is 0 Å². The number of pyridine rings is 1. The molecule has 3 heterocycles. The van der Waals surface area contributed by atoms with E-state index in [0.29, 0.717) is 26.7 Å². The van der Waals surface area contributed by atoms with E-state index < -0.39 is 17.4 Å². The van der Waals surface area contributed by atoms with E-state index in [2.05, 4.69) is 25.5 Å². The van der Waals surface area contributed by atoms with Crippen LogP contribution in [0.15, 0.2) is 30.3 Å². The average Bonchev–Trinajstić information content (AvgIpc) is 3.27. The van der Waals surface area contributed by atoms with Gasteiger partial charge >= 0.3 is 5.92 Å². The summed E-state index contributed by atoms with van der Waals surface area (Å²) in [5.74, 6) is -4.27. The van der Waals surface area contributed by atoms with E-state index in [1.807, 2.05) is 5.21 Å². The lowest BCUT2D eigenvalue weighted by atomic mass is 10.1. The van der Waals surface area contributed by atoms with Gasteiger partial charge in [-0.2, -0.15) is 19.1 Å². The third-order valence-electron chi connectivity index (χ3n) is 4.10. The van der Waals surface area contributed by atoms with E-state index in [4.69, 9.17) is 23.2 Å². The average molecular weight is 410 g/mol. The first-order valence-corrected chi connectivity index (χ1v) is 8.53. The number of hydrogen-bond donors (Lipinski definition) is 1. The minimum Gasteiger partial charge on any atom is -0.242 e. The van der Waals surface area contributed by atoms with Gasteiger partial charge in [-0.05, 0) is 36.4 Å². The van der Waals surface area contributed by atoms with Crippen molar-refractivity contribution in [3.63, 3.8) is 0 Å². The molecule has 138 valence electrons. The van der Waals surface area contributed by atoms with Gasteiger partial charge in [0.05, 0.1) is 12.2 Å². The lowest BCUT2D eigenvalue weighted by Crippen LogP contribution is -2.19. The standard InChI is InChI=1S/C16H11Cl2F2N7/c1-8-9-5-6-13(16(19,20)15-22-25-26-23-15)21-14(9)27(24-8)7-10-11(17)3-2-4-12(10)18/h2-6H,7H2,1H3,(H,22,23,25,26). The molecular formula is C16H11Cl2F2N7. The number of rotatable bonds is 4. The molecule has 0 fully saturated rings. The summed E-state index contributed by atoms with van der Waals surface area (Å²) in [6.07, 6.45) is 0. The molecule has 0 aliphatic heterocycles. The summed E-state index contributed by atoms with van der Waals surface area (Å²) >= 11 is 12.4. The monoisotopic (exact) mass is 409 g/mol. The van der Waals surface area contributed by atoms with Gasteiger partial charge in [-0.1, -0.05) is 29.3 Å². The van der Waals surface area contributed by atoms with Crippen LogP contribution in [0.1, 0.15) is 22.8 Å². The van der Waals surface area contributed by atoms with Crippen molar-refractivity contribution >= 4 is 34.2 Å². The molecule has 0 aliphatic carbocycles. The Kier molecular flexibility index (Phi) is 4.27. The molecule has 0 unspecified atom stereocenters. The highest BCUT2D eigenvalue weighted by molar-refractivity contribution is 6.36. The number of benzene rings is 1. The Morgan fingerprint density at radius 1 is 1.15 bits per heavy atom. The molecule has 0 aliphatic rings. The fourth-order valence-electron chi connectivity index (χ4n) is 2.74. The third kappa shape index (κ3) is 3.02. The van der Waals surface area contributed by atoms with Crippen LogP contribution in [0, 0.1) is 6.92 Å². The van der Waals surface area contributed by atoms with E-state index >= 15 is 0 Å². The first kappa shape index (κ1) is 17.7. The van der Waals surface area contributed by atoms with Crippen LogP contribution in [0.5, 0.6) is 0 Å². The van der Waals surface area contributed by atoms with Crippen molar-refractivity contribution in [2.24, 2.45) is 0 Å². The number of nitrogens with zero attached hydrogens (tertiary/aromatic N) is 6. The summed E-state index contributed by atoms with van der Waals surface area (Å²) < 4.78 is 30.7. The summed E-state index contributed by atoms with van der Waals surface area (Å²) in [5, 5.41) is 17.9. The molecule has 0 saturated carbocycles. The van der Waals surface area contributed by atoms with Crippen molar-refractivity contribution in [3.05, 3.63) is 63.2 Å². The molecular weight excluding hydrogens is 399 g/mol. The lowest BCUT2D eigenvalue weighted by Gasteiger charge is -2.12. The van der Waals surface area contributed by atoms with Gasteiger partial charge in [0.2, 0.25) is 5.82 Å². The number of hydrogen-bond acceptors (Lipinski definition) is 5. The number of nitrogens with one attached hydrogen (secondary N) is 1. The molecule has 4 aromatic rings. The molecule has 27 heavy (non-hydrogen) atoms. The maximum atomic E-state index is 14.6. The maximum absolute atomic E-state index is 14.6. The van der Waals surface area contributed by atoms with Gasteiger partial charge in [-0.3, -0.25) is 0 Å². The number of tetrazole rings is 1. The molecule has 0 spiro atoms. The van der Waals surface area contributed by atoms with Gasteiger partial charge < -0.3 is 0 Å². The lowest BCUT2D eigenvalue weighted by molar-refractivity contribution is 0.0284. The van der Waals surface area contributed by atoms with Crippen LogP contribution in [0.4, 0.5) is 8.78 Å². The van der Waals surface area contributed by atoms with Crippen LogP contribution in [0.2, 0.25) is 10.0 Å². The van der Waals surface area contributed by atoms with Gasteiger partial charge in [0, 0.05) is 21.0 Å². The summed E-state index contributed by atoms with van der Waals surface area (Å²) in [4.78, 5) is 4.12. The summed E-state index contributed by atoms with van der Waals surface area (Å²) in [6.45, 7) is 1.96. The molecule has 7 nitrogen and oxygen atoms in total. The van der Waals surface area contributed by atoms with Crippen molar-refractivity contribution in [1.82, 2.24) is 35.4 Å². The van der Waals surface area contributed by atoms with Gasteiger partial charge in [-0.25, -0.2) is 9.67 Å². The number of aromatic nitrogens is 7. The fraction of sp³-hybridized carbons (Fsp3) is 0.188. The number of fused-ring (bicyclic) bond motifs is 1. The van der Waals surface area contributed by atoms with Crippen molar-refractivity contribution in [2.45, 2.75) is 19.4 Å². The van der Waals surface area contributed by atoms with Crippen molar-refractivity contribution in [2.75, 3.05) is 0 Å². The van der Waals surface area contributed by atoms with Gasteiger partial charge in [0.1, 0.15) is 5.69 Å². The van der Waals surface area contributed by atoms with Crippen LogP contribution in [-0.2, 0) is 12.5 Å². The smallest absolute Gasteiger partial charge is 0.242 e. The maximum Gasteiger partial charge on any atom is 0.351 e. The first-order valence-electron chi connectivity index (χ1n) is 7.77. The number of H-pyrrole nitrogens is 1. The Morgan fingerprint density at radius 3 is 2.56 bits per heavy atom. The minimum absolute atomic E-state index is 0.188. The van der Waals surface area contributed by atoms with E-state index in [-0.39, 0.29) is 12.2 Å². The fourth-order valence-corrected chi connectivity index (χ4v) is 3.25. The second-order valence-electron chi connectivity index (χ2n) is 5.82. The zero-order valence-electron chi connectivity index (χ0n) is 13.8. The van der Waals surface area contributed by atoms with Crippen LogP contribution >= 0.6 is 23.2 Å². The largest absolute Gasteiger partial charge is 0.351 e. The third-order valence-corrected chi connectivity index (χ3v) is 4.81. The van der Waals surface area contributed by atoms with Crippen molar-refractivity contribution in [1.29, 1.82) is 0 Å². The molecule has 3 aromatic heterocycles. The summed E-state index contributed by atoms with van der Waals surface area (Å²) in [6, 6.07) is 7.89. The number of alkyl halides is 2. The van der Waals surface area contributed by atoms with Gasteiger partial charge in [0.25, 0.3) is 0 Å². The van der Waals surface area contributed by atoms with E-state index in [1.165, 1.54) is 10.7 Å². The zero-order valence-corrected chi connectivity index (χ0v) is 15.3. The molecule has 11 heteroatoms. The Bertz CT molecular complexity index is 1110. The van der Waals surface area contributed by atoms with Crippen LogP contribution in [0.3, 0.4) is 0 Å². The predicted octanol–water partition coefficient (Wildman–Crippen LogP) is 3.75. The Balaban J connectivity index is 1.83. The Labute approximate surface area is 161 Å². The Hall–Kier alpha value is -2.65. The minimum atomic E-state index is -3.51. The SMILES string of the molecule is Cc1nn(Cc2c(Cl)cccc2Cl)c2nc(C(F)(F)c3nn[nH]n3)ccc12. The molecule has 0 saturated heterocycles. The molecule has 0 radical (unpaired) electrons. The predicted molar refractivity (Wildman–Crippen MR) is 95.0 cm³/mol. The summed E-state index contributed by atoms with van der Waals surface area (Å²) in [7, 11) is 0. The highest BCUT2D eigenvalue weighted by Gasteiger charge is 2.41. The van der Waals surface area contributed by atoms with E-state index in [1.54, 1.807) is 31.2 Å². The number of aryl methyl sites for hydroxylation is 1. The first-order chi connectivity index (χ1) is 12.9. The van der Waals surface area contributed by atoms with E-state index in [9.17, 15) is 8.78 Å². The second-order valence-corrected chi connectivity index (χ2v) is 6.64. The summed E-state index contributed by atoms with van der Waals surface area (Å²) in [5.41, 5.74) is 1.05. The second kappa shape index (κ2) is 6.50. The quantitative estimate of drug-likeness (QED) is 0.554. The topological polar surface area (TPSA) is 85.2 Å². The van der Waals surface area contributed by atoms with Crippen LogP contribution in [0.25, 0.3) is 11.0 Å². The van der Waals surface area contributed by atoms with Crippen molar-refractivity contribution in [3.8, 4) is 0 Å². The molecule has 0 atom stereocenters. The zero-order chi connectivity index (χ0) is 19.2. The molecule has 1 N–H and O–H groups in total. The molecule has 4 rings (SSSR count). The van der Waals surface area contributed by atoms with Gasteiger partial charge in [0.15, 0.2) is 5.65 Å². The Morgan fingerprint density at radius 2 is 1.89 bits per heavy atom. The highest BCUT2D eigenvalue weighted by atomic mass is 35.5. The number of halogens is 4.